The number of fused-ring (bicyclic) bond motifs is 1. The lowest BCUT2D eigenvalue weighted by molar-refractivity contribution is 0.219. The maximum absolute atomic E-state index is 12.4. The fourth-order valence-corrected chi connectivity index (χ4v) is 4.24. The van der Waals surface area contributed by atoms with Gasteiger partial charge < -0.3 is 10.6 Å². The van der Waals surface area contributed by atoms with Gasteiger partial charge >= 0.3 is 5.69 Å². The van der Waals surface area contributed by atoms with Gasteiger partial charge in [-0.05, 0) is 37.9 Å². The number of nitrogens with zero attached hydrogens (tertiary/aromatic N) is 5. The minimum atomic E-state index is 0. The molecule has 0 saturated heterocycles. The molecule has 1 aromatic heterocycles. The van der Waals surface area contributed by atoms with E-state index in [9.17, 15) is 4.79 Å². The Labute approximate surface area is 208 Å². The summed E-state index contributed by atoms with van der Waals surface area (Å²) in [6.45, 7) is 9.31. The standard InChI is InChI=1S/C23H37N7O.HI/c1-4-28(5-2)20(19-12-7-6-8-13-19)18-26-22(24-3)25-15-11-17-30-23(31)29-16-10-9-14-21(29)27-30;/h6-8,12-13,20H,4-5,9-11,14-18H2,1-3H3,(H2,24,25,26);1H. The van der Waals surface area contributed by atoms with Crippen LogP contribution in [-0.4, -0.2) is 58.4 Å². The first-order chi connectivity index (χ1) is 15.2. The molecule has 1 aromatic carbocycles. The summed E-state index contributed by atoms with van der Waals surface area (Å²) in [6.07, 6.45) is 3.92. The van der Waals surface area contributed by atoms with E-state index in [1.807, 2.05) is 4.57 Å². The molecule has 0 spiro atoms. The fraction of sp³-hybridized carbons (Fsp3) is 0.609. The number of likely N-dealkylation sites (N-methyl/N-ethyl adjacent to an activating group) is 1. The second kappa shape index (κ2) is 13.6. The lowest BCUT2D eigenvalue weighted by atomic mass is 10.1. The van der Waals surface area contributed by atoms with E-state index in [1.165, 1.54) is 5.56 Å². The number of hydrogen-bond donors (Lipinski definition) is 2. The van der Waals surface area contributed by atoms with Crippen LogP contribution in [0.4, 0.5) is 0 Å². The van der Waals surface area contributed by atoms with Crippen molar-refractivity contribution in [1.82, 2.24) is 29.9 Å². The minimum Gasteiger partial charge on any atom is -0.356 e. The predicted molar refractivity (Wildman–Crippen MR) is 141 cm³/mol. The number of guanidine groups is 1. The molecule has 0 saturated carbocycles. The lowest BCUT2D eigenvalue weighted by Gasteiger charge is -2.30. The van der Waals surface area contributed by atoms with E-state index in [-0.39, 0.29) is 35.7 Å². The minimum absolute atomic E-state index is 0. The van der Waals surface area contributed by atoms with Gasteiger partial charge in [-0.3, -0.25) is 14.5 Å². The van der Waals surface area contributed by atoms with Crippen LogP contribution in [0.3, 0.4) is 0 Å². The van der Waals surface area contributed by atoms with Crippen LogP contribution in [0.1, 0.15) is 50.5 Å². The van der Waals surface area contributed by atoms with Crippen molar-refractivity contribution in [2.45, 2.75) is 58.7 Å². The number of aryl methyl sites for hydroxylation is 2. The van der Waals surface area contributed by atoms with Gasteiger partial charge in [-0.15, -0.1) is 24.0 Å². The predicted octanol–water partition coefficient (Wildman–Crippen LogP) is 2.64. The fourth-order valence-electron chi connectivity index (χ4n) is 4.24. The summed E-state index contributed by atoms with van der Waals surface area (Å²) < 4.78 is 3.44. The third-order valence-corrected chi connectivity index (χ3v) is 5.99. The highest BCUT2D eigenvalue weighted by Gasteiger charge is 2.18. The molecule has 0 fully saturated rings. The zero-order valence-electron chi connectivity index (χ0n) is 19.6. The summed E-state index contributed by atoms with van der Waals surface area (Å²) in [5, 5.41) is 11.4. The maximum atomic E-state index is 12.4. The molecule has 0 amide bonds. The third-order valence-electron chi connectivity index (χ3n) is 5.99. The Morgan fingerprint density at radius 3 is 2.59 bits per heavy atom. The summed E-state index contributed by atoms with van der Waals surface area (Å²) in [5.41, 5.74) is 1.33. The van der Waals surface area contributed by atoms with Crippen molar-refractivity contribution in [2.24, 2.45) is 4.99 Å². The van der Waals surface area contributed by atoms with Gasteiger partial charge in [0.15, 0.2) is 5.96 Å². The van der Waals surface area contributed by atoms with Crippen molar-refractivity contribution < 1.29 is 0 Å². The molecule has 0 aliphatic carbocycles. The maximum Gasteiger partial charge on any atom is 0.345 e. The van der Waals surface area contributed by atoms with Gasteiger partial charge in [0.25, 0.3) is 0 Å². The molecular formula is C23H38IN7O. The molecule has 2 heterocycles. The second-order valence-electron chi connectivity index (χ2n) is 7.91. The van der Waals surface area contributed by atoms with Gasteiger partial charge in [-0.2, -0.15) is 5.10 Å². The quantitative estimate of drug-likeness (QED) is 0.204. The summed E-state index contributed by atoms with van der Waals surface area (Å²) in [7, 11) is 1.79. The molecule has 32 heavy (non-hydrogen) atoms. The molecule has 2 N–H and O–H groups in total. The van der Waals surface area contributed by atoms with Gasteiger partial charge in [0.1, 0.15) is 5.82 Å². The molecule has 1 aliphatic rings. The molecule has 1 aliphatic heterocycles. The molecule has 1 unspecified atom stereocenters. The normalized spacial score (nSPS) is 14.6. The number of hydrogen-bond acceptors (Lipinski definition) is 4. The number of aliphatic imine (C=N–C) groups is 1. The number of nitrogens with one attached hydrogen (secondary N) is 2. The molecule has 8 nitrogen and oxygen atoms in total. The molecule has 1 atom stereocenters. The average molecular weight is 556 g/mol. The highest BCUT2D eigenvalue weighted by Crippen LogP contribution is 2.19. The van der Waals surface area contributed by atoms with Crippen LogP contribution in [0.2, 0.25) is 0 Å². The van der Waals surface area contributed by atoms with Crippen molar-refractivity contribution in [3.63, 3.8) is 0 Å². The highest BCUT2D eigenvalue weighted by atomic mass is 127. The third kappa shape index (κ3) is 6.81. The molecule has 178 valence electrons. The molecule has 3 rings (SSSR count). The monoisotopic (exact) mass is 555 g/mol. The van der Waals surface area contributed by atoms with Crippen molar-refractivity contribution in [1.29, 1.82) is 0 Å². The first kappa shape index (κ1) is 26.4. The van der Waals surface area contributed by atoms with E-state index in [2.05, 4.69) is 69.8 Å². The Morgan fingerprint density at radius 1 is 1.19 bits per heavy atom. The van der Waals surface area contributed by atoms with E-state index in [4.69, 9.17) is 0 Å². The van der Waals surface area contributed by atoms with E-state index in [1.54, 1.807) is 11.7 Å². The van der Waals surface area contributed by atoms with E-state index >= 15 is 0 Å². The van der Waals surface area contributed by atoms with Crippen LogP contribution in [0.25, 0.3) is 0 Å². The zero-order valence-corrected chi connectivity index (χ0v) is 21.9. The lowest BCUT2D eigenvalue weighted by Crippen LogP contribution is -2.43. The number of aromatic nitrogens is 3. The molecule has 0 radical (unpaired) electrons. The summed E-state index contributed by atoms with van der Waals surface area (Å²) in [5.74, 6) is 1.72. The van der Waals surface area contributed by atoms with Crippen LogP contribution in [0.15, 0.2) is 40.1 Å². The molecule has 9 heteroatoms. The van der Waals surface area contributed by atoms with Crippen LogP contribution in [0, 0.1) is 0 Å². The van der Waals surface area contributed by atoms with Crippen LogP contribution in [-0.2, 0) is 19.5 Å². The average Bonchev–Trinajstić information content (AvgIpc) is 3.14. The van der Waals surface area contributed by atoms with Gasteiger partial charge in [0.05, 0.1) is 6.04 Å². The van der Waals surface area contributed by atoms with Crippen molar-refractivity contribution >= 4 is 29.9 Å². The highest BCUT2D eigenvalue weighted by molar-refractivity contribution is 14.0. The number of rotatable bonds is 10. The zero-order chi connectivity index (χ0) is 22.1. The topological polar surface area (TPSA) is 79.5 Å². The van der Waals surface area contributed by atoms with Crippen molar-refractivity contribution in [3.8, 4) is 0 Å². The molecule has 2 aromatic rings. The van der Waals surface area contributed by atoms with Gasteiger partial charge in [-0.1, -0.05) is 44.2 Å². The Balaban J connectivity index is 0.00000363. The SMILES string of the molecule is CCN(CC)C(CNC(=NC)NCCCn1nc2n(c1=O)CCCC2)c1ccccc1.I. The van der Waals surface area contributed by atoms with Crippen molar-refractivity contribution in [2.75, 3.05) is 33.2 Å². The smallest absolute Gasteiger partial charge is 0.345 e. The van der Waals surface area contributed by atoms with Gasteiger partial charge in [0.2, 0.25) is 0 Å². The Morgan fingerprint density at radius 2 is 1.94 bits per heavy atom. The molecular weight excluding hydrogens is 517 g/mol. The number of benzene rings is 1. The number of halogens is 1. The van der Waals surface area contributed by atoms with Gasteiger partial charge in [0, 0.05) is 39.6 Å². The van der Waals surface area contributed by atoms with E-state index in [0.717, 1.165) is 70.2 Å². The van der Waals surface area contributed by atoms with Crippen molar-refractivity contribution in [3.05, 3.63) is 52.2 Å². The largest absolute Gasteiger partial charge is 0.356 e. The first-order valence-electron chi connectivity index (χ1n) is 11.6. The van der Waals surface area contributed by atoms with Crippen LogP contribution < -0.4 is 16.3 Å². The Kier molecular flexibility index (Phi) is 11.2. The van der Waals surface area contributed by atoms with Crippen LogP contribution in [0.5, 0.6) is 0 Å². The molecule has 0 bridgehead atoms. The van der Waals surface area contributed by atoms with E-state index in [0.29, 0.717) is 6.54 Å². The first-order valence-corrected chi connectivity index (χ1v) is 11.6. The summed E-state index contributed by atoms with van der Waals surface area (Å²) >= 11 is 0. The Bertz CT molecular complexity index is 889. The Hall–Kier alpha value is -1.88. The second-order valence-corrected chi connectivity index (χ2v) is 7.91. The summed E-state index contributed by atoms with van der Waals surface area (Å²) in [6, 6.07) is 10.9. The van der Waals surface area contributed by atoms with Crippen LogP contribution >= 0.6 is 24.0 Å². The summed E-state index contributed by atoms with van der Waals surface area (Å²) in [4.78, 5) is 19.2. The van der Waals surface area contributed by atoms with Gasteiger partial charge in [-0.25, -0.2) is 9.48 Å². The van der Waals surface area contributed by atoms with E-state index < -0.39 is 0 Å².